The highest BCUT2D eigenvalue weighted by molar-refractivity contribution is 6.26. The van der Waals surface area contributed by atoms with Gasteiger partial charge in [0.1, 0.15) is 0 Å². The lowest BCUT2D eigenvalue weighted by molar-refractivity contribution is 0.0592. The minimum atomic E-state index is -0.222. The largest absolute Gasteiger partial charge is 0.312 e. The van der Waals surface area contributed by atoms with Gasteiger partial charge in [-0.25, -0.2) is 0 Å². The summed E-state index contributed by atoms with van der Waals surface area (Å²) in [6.45, 7) is 2.14. The van der Waals surface area contributed by atoms with Crippen molar-refractivity contribution < 1.29 is 19.2 Å². The molecule has 1 aliphatic carbocycles. The number of nitrogens with one attached hydrogen (secondary N) is 2. The second-order valence-electron chi connectivity index (χ2n) is 11.7. The van der Waals surface area contributed by atoms with Crippen LogP contribution in [0.15, 0.2) is 72.8 Å². The monoisotopic (exact) mass is 574 g/mol. The molecule has 218 valence electrons. The fourth-order valence-electron chi connectivity index (χ4n) is 7.07. The van der Waals surface area contributed by atoms with E-state index in [0.29, 0.717) is 73.4 Å². The van der Waals surface area contributed by atoms with Gasteiger partial charge in [-0.1, -0.05) is 55.0 Å². The topological polar surface area (TPSA) is 98.8 Å². The van der Waals surface area contributed by atoms with Crippen LogP contribution in [0.3, 0.4) is 0 Å². The lowest BCUT2D eigenvalue weighted by Gasteiger charge is -2.28. The lowest BCUT2D eigenvalue weighted by Crippen LogP contribution is -2.47. The zero-order valence-electron chi connectivity index (χ0n) is 24.0. The van der Waals surface area contributed by atoms with Crippen molar-refractivity contribution in [2.24, 2.45) is 0 Å². The van der Waals surface area contributed by atoms with Crippen LogP contribution >= 0.6 is 0 Å². The third kappa shape index (κ3) is 4.80. The Balaban J connectivity index is 0.890. The van der Waals surface area contributed by atoms with Gasteiger partial charge in [0.25, 0.3) is 23.6 Å². The molecule has 4 aromatic carbocycles. The molecule has 0 radical (unpaired) electrons. The second kappa shape index (κ2) is 11.4. The van der Waals surface area contributed by atoms with Crippen LogP contribution in [0.4, 0.5) is 0 Å². The van der Waals surface area contributed by atoms with E-state index in [2.05, 4.69) is 10.6 Å². The summed E-state index contributed by atoms with van der Waals surface area (Å²) in [4.78, 5) is 55.4. The number of rotatable bonds is 10. The number of hydrogen-bond acceptors (Lipinski definition) is 6. The molecule has 0 aromatic heterocycles. The molecule has 0 bridgehead atoms. The molecule has 4 aromatic rings. The van der Waals surface area contributed by atoms with Crippen molar-refractivity contribution in [1.82, 2.24) is 20.4 Å². The van der Waals surface area contributed by atoms with Crippen LogP contribution in [-0.4, -0.2) is 71.7 Å². The minimum absolute atomic E-state index is 0.222. The van der Waals surface area contributed by atoms with Crippen molar-refractivity contribution in [3.05, 3.63) is 95.1 Å². The highest BCUT2D eigenvalue weighted by Crippen LogP contribution is 2.31. The molecule has 1 fully saturated rings. The third-order valence-corrected chi connectivity index (χ3v) is 9.16. The molecule has 1 saturated carbocycles. The van der Waals surface area contributed by atoms with Crippen molar-refractivity contribution >= 4 is 45.2 Å². The van der Waals surface area contributed by atoms with Crippen LogP contribution < -0.4 is 10.6 Å². The standard InChI is InChI=1S/C35H34N4O4/c40-32-24-12-1-8-22-9-2-13-25(30(22)24)33(41)38(32)20-6-18-36-28-16-5-17-29(28)37-19-7-21-39-34(42)26-14-3-10-23-11-4-15-27(31(23)26)35(39)43/h1-4,8-15,28-29,36-37H,5-7,16-21H2/t28-,29-/m0/s1. The summed E-state index contributed by atoms with van der Waals surface area (Å²) in [5, 5.41) is 10.6. The predicted molar refractivity (Wildman–Crippen MR) is 165 cm³/mol. The van der Waals surface area contributed by atoms with Crippen molar-refractivity contribution in [2.75, 3.05) is 26.2 Å². The molecule has 2 atom stereocenters. The highest BCUT2D eigenvalue weighted by atomic mass is 16.2. The second-order valence-corrected chi connectivity index (χ2v) is 11.7. The molecule has 0 saturated heterocycles. The maximum atomic E-state index is 13.2. The Morgan fingerprint density at radius 3 is 1.23 bits per heavy atom. The van der Waals surface area contributed by atoms with E-state index in [1.165, 1.54) is 9.80 Å². The molecular formula is C35H34N4O4. The van der Waals surface area contributed by atoms with Gasteiger partial charge in [-0.2, -0.15) is 0 Å². The van der Waals surface area contributed by atoms with Gasteiger partial charge in [0, 0.05) is 58.2 Å². The molecule has 0 spiro atoms. The Hall–Kier alpha value is -4.40. The summed E-state index contributed by atoms with van der Waals surface area (Å²) in [6.07, 6.45) is 4.57. The van der Waals surface area contributed by atoms with Crippen LogP contribution in [0.2, 0.25) is 0 Å². The van der Waals surface area contributed by atoms with E-state index in [1.54, 1.807) is 24.3 Å². The Morgan fingerprint density at radius 2 is 0.884 bits per heavy atom. The number of nitrogens with zero attached hydrogens (tertiary/aromatic N) is 2. The summed E-state index contributed by atoms with van der Waals surface area (Å²) in [6, 6.07) is 23.0. The molecular weight excluding hydrogens is 540 g/mol. The quantitative estimate of drug-likeness (QED) is 0.209. The fraction of sp³-hybridized carbons (Fsp3) is 0.314. The van der Waals surface area contributed by atoms with Crippen molar-refractivity contribution in [1.29, 1.82) is 0 Å². The number of carbonyl (C=O) groups excluding carboxylic acids is 4. The summed E-state index contributed by atoms with van der Waals surface area (Å²) < 4.78 is 0. The van der Waals surface area contributed by atoms with Crippen LogP contribution in [0.1, 0.15) is 73.5 Å². The highest BCUT2D eigenvalue weighted by Gasteiger charge is 2.34. The first-order chi connectivity index (χ1) is 21.0. The SMILES string of the molecule is O=C1c2cccc3cccc(c23)C(=O)N1CCCN[C@H]1CCC[C@@H]1NCCCN1C(=O)c2cccc3cccc(c23)C1=O. The van der Waals surface area contributed by atoms with Crippen LogP contribution in [0, 0.1) is 0 Å². The van der Waals surface area contributed by atoms with Gasteiger partial charge in [-0.15, -0.1) is 0 Å². The molecule has 43 heavy (non-hydrogen) atoms. The number of carbonyl (C=O) groups is 4. The van der Waals surface area contributed by atoms with E-state index >= 15 is 0 Å². The smallest absolute Gasteiger partial charge is 0.261 e. The Labute approximate surface area is 250 Å². The number of hydrogen-bond donors (Lipinski definition) is 2. The van der Waals surface area contributed by atoms with Crippen molar-refractivity contribution in [3.8, 4) is 0 Å². The van der Waals surface area contributed by atoms with Crippen LogP contribution in [0.5, 0.6) is 0 Å². The summed E-state index contributed by atoms with van der Waals surface area (Å²) in [7, 11) is 0. The van der Waals surface area contributed by atoms with Gasteiger partial charge in [-0.05, 0) is 73.8 Å². The molecule has 3 aliphatic rings. The van der Waals surface area contributed by atoms with E-state index in [1.807, 2.05) is 48.5 Å². The van der Waals surface area contributed by atoms with Gasteiger partial charge in [0.2, 0.25) is 0 Å². The fourth-order valence-corrected chi connectivity index (χ4v) is 7.07. The number of amides is 4. The maximum absolute atomic E-state index is 13.2. The maximum Gasteiger partial charge on any atom is 0.261 e. The molecule has 4 amide bonds. The molecule has 8 nitrogen and oxygen atoms in total. The van der Waals surface area contributed by atoms with Gasteiger partial charge in [0.15, 0.2) is 0 Å². The molecule has 7 rings (SSSR count). The third-order valence-electron chi connectivity index (χ3n) is 9.16. The first kappa shape index (κ1) is 27.4. The van der Waals surface area contributed by atoms with Gasteiger partial charge in [0.05, 0.1) is 0 Å². The number of benzene rings is 4. The molecule has 8 heteroatoms. The van der Waals surface area contributed by atoms with Crippen molar-refractivity contribution in [2.45, 2.75) is 44.2 Å². The van der Waals surface area contributed by atoms with E-state index in [9.17, 15) is 19.2 Å². The predicted octanol–water partition coefficient (Wildman–Crippen LogP) is 4.77. The van der Waals surface area contributed by atoms with Crippen molar-refractivity contribution in [3.63, 3.8) is 0 Å². The van der Waals surface area contributed by atoms with Gasteiger partial charge < -0.3 is 10.6 Å². The summed E-state index contributed by atoms with van der Waals surface area (Å²) >= 11 is 0. The van der Waals surface area contributed by atoms with Gasteiger partial charge >= 0.3 is 0 Å². The first-order valence-electron chi connectivity index (χ1n) is 15.3. The minimum Gasteiger partial charge on any atom is -0.312 e. The van der Waals surface area contributed by atoms with Crippen LogP contribution in [0.25, 0.3) is 21.5 Å². The summed E-state index contributed by atoms with van der Waals surface area (Å²) in [5.41, 5.74) is 2.37. The molecule has 0 unspecified atom stereocenters. The van der Waals surface area contributed by atoms with Gasteiger partial charge in [-0.3, -0.25) is 29.0 Å². The van der Waals surface area contributed by atoms with E-state index in [0.717, 1.165) is 40.8 Å². The average molecular weight is 575 g/mol. The Morgan fingerprint density at radius 1 is 0.535 bits per heavy atom. The molecule has 2 heterocycles. The van der Waals surface area contributed by atoms with Crippen LogP contribution in [-0.2, 0) is 0 Å². The lowest BCUT2D eigenvalue weighted by atomic mass is 9.94. The van der Waals surface area contributed by atoms with E-state index < -0.39 is 0 Å². The van der Waals surface area contributed by atoms with E-state index in [4.69, 9.17) is 0 Å². The summed E-state index contributed by atoms with van der Waals surface area (Å²) in [5.74, 6) is -0.887. The number of imide groups is 2. The Bertz CT molecular complexity index is 1550. The molecule has 2 aliphatic heterocycles. The average Bonchev–Trinajstić information content (AvgIpc) is 3.48. The first-order valence-corrected chi connectivity index (χ1v) is 15.3. The molecule has 2 N–H and O–H groups in total. The Kier molecular flexibility index (Phi) is 7.24. The van der Waals surface area contributed by atoms with E-state index in [-0.39, 0.29) is 23.6 Å². The normalized spacial score (nSPS) is 19.7. The zero-order valence-corrected chi connectivity index (χ0v) is 24.0. The zero-order chi connectivity index (χ0) is 29.5.